The van der Waals surface area contributed by atoms with E-state index < -0.39 is 0 Å². The first kappa shape index (κ1) is 17.9. The fourth-order valence-electron chi connectivity index (χ4n) is 2.88. The van der Waals surface area contributed by atoms with Crippen molar-refractivity contribution < 1.29 is 4.74 Å². The zero-order valence-corrected chi connectivity index (χ0v) is 14.2. The molecule has 3 nitrogen and oxygen atoms in total. The van der Waals surface area contributed by atoms with Crippen LogP contribution < -0.4 is 5.32 Å². The van der Waals surface area contributed by atoms with E-state index in [-0.39, 0.29) is 0 Å². The molecule has 0 radical (unpaired) electrons. The van der Waals surface area contributed by atoms with Gasteiger partial charge in [-0.3, -0.25) is 0 Å². The van der Waals surface area contributed by atoms with Crippen molar-refractivity contribution in [1.82, 2.24) is 10.2 Å². The summed E-state index contributed by atoms with van der Waals surface area (Å²) >= 11 is 0. The third kappa shape index (κ3) is 7.61. The molecule has 0 unspecified atom stereocenters. The Bertz CT molecular complexity index is 225. The molecule has 120 valence electrons. The third-order valence-corrected chi connectivity index (χ3v) is 4.43. The van der Waals surface area contributed by atoms with Gasteiger partial charge in [-0.15, -0.1) is 0 Å². The summed E-state index contributed by atoms with van der Waals surface area (Å²) in [5.41, 5.74) is 0. The van der Waals surface area contributed by atoms with Crippen LogP contribution in [-0.2, 0) is 4.74 Å². The Morgan fingerprint density at radius 2 is 1.85 bits per heavy atom. The van der Waals surface area contributed by atoms with Crippen LogP contribution in [0.15, 0.2) is 0 Å². The highest BCUT2D eigenvalue weighted by atomic mass is 16.5. The Morgan fingerprint density at radius 1 is 1.15 bits per heavy atom. The van der Waals surface area contributed by atoms with Crippen molar-refractivity contribution in [2.24, 2.45) is 5.92 Å². The van der Waals surface area contributed by atoms with E-state index in [1.165, 1.54) is 45.1 Å². The van der Waals surface area contributed by atoms with Crippen molar-refractivity contribution in [2.75, 3.05) is 33.4 Å². The van der Waals surface area contributed by atoms with Gasteiger partial charge in [0, 0.05) is 25.2 Å². The van der Waals surface area contributed by atoms with Crippen LogP contribution in [0, 0.1) is 5.92 Å². The van der Waals surface area contributed by atoms with E-state index in [2.05, 4.69) is 38.0 Å². The van der Waals surface area contributed by atoms with E-state index in [0.717, 1.165) is 37.8 Å². The lowest BCUT2D eigenvalue weighted by molar-refractivity contribution is 0.0814. The van der Waals surface area contributed by atoms with Crippen molar-refractivity contribution in [3.05, 3.63) is 0 Å². The largest absolute Gasteiger partial charge is 0.380 e. The Morgan fingerprint density at radius 3 is 2.45 bits per heavy atom. The molecule has 0 saturated heterocycles. The fraction of sp³-hybridized carbons (Fsp3) is 1.00. The monoisotopic (exact) mass is 284 g/mol. The minimum absolute atomic E-state index is 0.749. The van der Waals surface area contributed by atoms with Gasteiger partial charge in [-0.25, -0.2) is 0 Å². The van der Waals surface area contributed by atoms with Crippen LogP contribution in [-0.4, -0.2) is 50.3 Å². The first-order chi connectivity index (χ1) is 9.63. The maximum Gasteiger partial charge on any atom is 0.0593 e. The standard InChI is InChI=1S/C17H36N2O/c1-5-11-18-16-6-8-17(9-7-16)19(4)12-14-20-13-10-15(2)3/h15-18H,5-14H2,1-4H3. The topological polar surface area (TPSA) is 24.5 Å². The minimum atomic E-state index is 0.749. The van der Waals surface area contributed by atoms with Gasteiger partial charge < -0.3 is 15.0 Å². The summed E-state index contributed by atoms with van der Waals surface area (Å²) in [4.78, 5) is 2.51. The van der Waals surface area contributed by atoms with Crippen molar-refractivity contribution in [3.8, 4) is 0 Å². The van der Waals surface area contributed by atoms with Crippen LogP contribution in [0.25, 0.3) is 0 Å². The van der Waals surface area contributed by atoms with E-state index in [9.17, 15) is 0 Å². The molecule has 0 atom stereocenters. The van der Waals surface area contributed by atoms with E-state index >= 15 is 0 Å². The number of rotatable bonds is 10. The predicted molar refractivity (Wildman–Crippen MR) is 87.2 cm³/mol. The van der Waals surface area contributed by atoms with Crippen molar-refractivity contribution in [3.63, 3.8) is 0 Å². The van der Waals surface area contributed by atoms with Crippen LogP contribution in [0.2, 0.25) is 0 Å². The summed E-state index contributed by atoms with van der Waals surface area (Å²) in [5.74, 6) is 0.749. The summed E-state index contributed by atoms with van der Waals surface area (Å²) < 4.78 is 5.73. The molecule has 1 N–H and O–H groups in total. The normalized spacial score (nSPS) is 23.7. The molecule has 20 heavy (non-hydrogen) atoms. The molecule has 0 spiro atoms. The molecule has 0 aromatic carbocycles. The molecule has 0 aliphatic heterocycles. The van der Waals surface area contributed by atoms with Gasteiger partial charge in [0.05, 0.1) is 6.61 Å². The zero-order valence-electron chi connectivity index (χ0n) is 14.2. The van der Waals surface area contributed by atoms with Crippen LogP contribution in [0.3, 0.4) is 0 Å². The first-order valence-electron chi connectivity index (χ1n) is 8.64. The zero-order chi connectivity index (χ0) is 14.8. The second-order valence-electron chi connectivity index (χ2n) is 6.74. The number of nitrogens with zero attached hydrogens (tertiary/aromatic N) is 1. The Labute approximate surface area is 126 Å². The lowest BCUT2D eigenvalue weighted by atomic mass is 9.90. The SMILES string of the molecule is CCCNC1CCC(N(C)CCOCCC(C)C)CC1. The fourth-order valence-corrected chi connectivity index (χ4v) is 2.88. The molecule has 0 aromatic rings. The van der Waals surface area contributed by atoms with Gasteiger partial charge in [-0.1, -0.05) is 20.8 Å². The lowest BCUT2D eigenvalue weighted by Crippen LogP contribution is -2.42. The van der Waals surface area contributed by atoms with Gasteiger partial charge in [0.15, 0.2) is 0 Å². The third-order valence-electron chi connectivity index (χ3n) is 4.43. The van der Waals surface area contributed by atoms with Crippen LogP contribution in [0.4, 0.5) is 0 Å². The molecule has 0 amide bonds. The lowest BCUT2D eigenvalue weighted by Gasteiger charge is -2.35. The average molecular weight is 284 g/mol. The number of likely N-dealkylation sites (N-methyl/N-ethyl adjacent to an activating group) is 1. The number of hydrogen-bond donors (Lipinski definition) is 1. The maximum atomic E-state index is 5.73. The van der Waals surface area contributed by atoms with E-state index in [0.29, 0.717) is 0 Å². The average Bonchev–Trinajstić information content (AvgIpc) is 2.44. The molecule has 1 aliphatic carbocycles. The van der Waals surface area contributed by atoms with Crippen molar-refractivity contribution >= 4 is 0 Å². The van der Waals surface area contributed by atoms with Crippen LogP contribution in [0.1, 0.15) is 59.3 Å². The predicted octanol–water partition coefficient (Wildman–Crippen LogP) is 3.29. The summed E-state index contributed by atoms with van der Waals surface area (Å²) in [7, 11) is 2.26. The van der Waals surface area contributed by atoms with Gasteiger partial charge in [-0.2, -0.15) is 0 Å². The van der Waals surface area contributed by atoms with E-state index in [1.807, 2.05) is 0 Å². The summed E-state index contributed by atoms with van der Waals surface area (Å²) in [6, 6.07) is 1.53. The second kappa shape index (κ2) is 10.6. The second-order valence-corrected chi connectivity index (χ2v) is 6.74. The van der Waals surface area contributed by atoms with Crippen molar-refractivity contribution in [1.29, 1.82) is 0 Å². The molecule has 1 aliphatic rings. The Hall–Kier alpha value is -0.120. The highest BCUT2D eigenvalue weighted by Crippen LogP contribution is 2.22. The van der Waals surface area contributed by atoms with Gasteiger partial charge in [0.2, 0.25) is 0 Å². The highest BCUT2D eigenvalue weighted by Gasteiger charge is 2.23. The molecule has 1 fully saturated rings. The van der Waals surface area contributed by atoms with Gasteiger partial charge in [-0.05, 0) is 58.0 Å². The van der Waals surface area contributed by atoms with Gasteiger partial charge in [0.1, 0.15) is 0 Å². The summed E-state index contributed by atoms with van der Waals surface area (Å²) in [6.45, 7) is 10.8. The smallest absolute Gasteiger partial charge is 0.0593 e. The van der Waals surface area contributed by atoms with Crippen LogP contribution >= 0.6 is 0 Å². The molecule has 1 saturated carbocycles. The number of hydrogen-bond acceptors (Lipinski definition) is 3. The molecule has 3 heteroatoms. The molecule has 0 bridgehead atoms. The summed E-state index contributed by atoms with van der Waals surface area (Å²) in [6.07, 6.45) is 7.77. The van der Waals surface area contributed by atoms with E-state index in [4.69, 9.17) is 4.74 Å². The number of nitrogens with one attached hydrogen (secondary N) is 1. The minimum Gasteiger partial charge on any atom is -0.380 e. The molecule has 1 rings (SSSR count). The Balaban J connectivity index is 2.05. The maximum absolute atomic E-state index is 5.73. The Kier molecular flexibility index (Phi) is 9.49. The van der Waals surface area contributed by atoms with Crippen molar-refractivity contribution in [2.45, 2.75) is 71.4 Å². The van der Waals surface area contributed by atoms with Crippen LogP contribution in [0.5, 0.6) is 0 Å². The van der Waals surface area contributed by atoms with Gasteiger partial charge >= 0.3 is 0 Å². The molecule has 0 heterocycles. The summed E-state index contributed by atoms with van der Waals surface area (Å²) in [5, 5.41) is 3.66. The quantitative estimate of drug-likeness (QED) is 0.623. The first-order valence-corrected chi connectivity index (χ1v) is 8.64. The van der Waals surface area contributed by atoms with Gasteiger partial charge in [0.25, 0.3) is 0 Å². The molecule has 0 aromatic heterocycles. The highest BCUT2D eigenvalue weighted by molar-refractivity contribution is 4.81. The van der Waals surface area contributed by atoms with E-state index in [1.54, 1.807) is 0 Å². The number of ether oxygens (including phenoxy) is 1. The molecular weight excluding hydrogens is 248 g/mol. The molecular formula is C17H36N2O.